The second kappa shape index (κ2) is 25.1. The summed E-state index contributed by atoms with van der Waals surface area (Å²) in [5, 5.41) is 84.6. The molecule has 0 aliphatic heterocycles. The second-order valence-electron chi connectivity index (χ2n) is 13.1. The molecule has 0 spiro atoms. The summed E-state index contributed by atoms with van der Waals surface area (Å²) in [5.41, 5.74) is -0.151. The number of hydrogen-bond acceptors (Lipinski definition) is 14. The van der Waals surface area contributed by atoms with Gasteiger partial charge in [-0.05, 0) is 136 Å². The van der Waals surface area contributed by atoms with Gasteiger partial charge in [0.25, 0.3) is 23.6 Å². The highest BCUT2D eigenvalue weighted by atomic mass is 127. The van der Waals surface area contributed by atoms with Gasteiger partial charge in [0.05, 0.1) is 85.5 Å². The Balaban J connectivity index is 2.51. The van der Waals surface area contributed by atoms with Gasteiger partial charge in [0.1, 0.15) is 13.2 Å². The SMILES string of the molecule is CN(CC(O)CO)C(=O)c1c(I)c(NC(=O)CO)c(I)c(C(=O)N(C)CC(O)C(O)CN(C)C(=O)c2c(I)c(NC(=O)CO)c(I)c(C(=O)N(C)CC(O)CO)c2I)c1I. The van der Waals surface area contributed by atoms with Crippen LogP contribution in [-0.4, -0.2) is 201 Å². The normalized spacial score (nSPS) is 13.2. The topological polar surface area (TPSA) is 301 Å². The van der Waals surface area contributed by atoms with E-state index in [1.165, 1.54) is 28.2 Å². The maximum absolute atomic E-state index is 14.1. The fourth-order valence-electron chi connectivity index (χ4n) is 5.30. The van der Waals surface area contributed by atoms with E-state index in [4.69, 9.17) is 0 Å². The zero-order chi connectivity index (χ0) is 46.1. The molecule has 20 nitrogen and oxygen atoms in total. The van der Waals surface area contributed by atoms with E-state index in [1.54, 1.807) is 136 Å². The maximum Gasteiger partial charge on any atom is 0.255 e. The largest absolute Gasteiger partial charge is 0.394 e. The zero-order valence-electron chi connectivity index (χ0n) is 32.1. The lowest BCUT2D eigenvalue weighted by Crippen LogP contribution is -2.46. The number of aliphatic hydroxyl groups excluding tert-OH is 8. The summed E-state index contributed by atoms with van der Waals surface area (Å²) in [5.74, 6) is -4.53. The number of rotatable bonds is 19. The van der Waals surface area contributed by atoms with Crippen LogP contribution in [0.3, 0.4) is 0 Å². The highest BCUT2D eigenvalue weighted by Gasteiger charge is 2.35. The summed E-state index contributed by atoms with van der Waals surface area (Å²) < 4.78 is 1.07. The van der Waals surface area contributed by atoms with Crippen molar-refractivity contribution in [3.63, 3.8) is 0 Å². The Hall–Kier alpha value is -0.680. The van der Waals surface area contributed by atoms with Crippen molar-refractivity contribution in [2.24, 2.45) is 0 Å². The first kappa shape index (κ1) is 55.5. The van der Waals surface area contributed by atoms with Crippen LogP contribution in [0.4, 0.5) is 11.4 Å². The molecule has 0 bridgehead atoms. The molecular formula is C34H42I6N6O14. The van der Waals surface area contributed by atoms with E-state index in [1.807, 2.05) is 0 Å². The average Bonchev–Trinajstić information content (AvgIpc) is 3.19. The Morgan fingerprint density at radius 2 is 0.683 bits per heavy atom. The number of nitrogens with one attached hydrogen (secondary N) is 2. The Labute approximate surface area is 426 Å². The number of halogens is 6. The molecule has 4 atom stereocenters. The van der Waals surface area contributed by atoms with Gasteiger partial charge in [-0.1, -0.05) is 0 Å². The molecule has 0 saturated carbocycles. The van der Waals surface area contributed by atoms with E-state index in [2.05, 4.69) is 10.6 Å². The highest BCUT2D eigenvalue weighted by Crippen LogP contribution is 2.38. The van der Waals surface area contributed by atoms with Gasteiger partial charge in [-0.15, -0.1) is 0 Å². The monoisotopic (exact) mass is 1520 g/mol. The van der Waals surface area contributed by atoms with Crippen molar-refractivity contribution in [2.75, 3.05) is 91.4 Å². The number of aliphatic hydroxyl groups is 8. The Morgan fingerprint density at radius 3 is 0.900 bits per heavy atom. The molecule has 2 aromatic rings. The van der Waals surface area contributed by atoms with Crippen molar-refractivity contribution < 1.29 is 69.6 Å². The fourth-order valence-corrected chi connectivity index (χ4v) is 14.0. The lowest BCUT2D eigenvalue weighted by atomic mass is 10.1. The van der Waals surface area contributed by atoms with Crippen molar-refractivity contribution in [3.8, 4) is 0 Å². The van der Waals surface area contributed by atoms with E-state index < -0.39 is 99.4 Å². The number of carbonyl (C=O) groups is 6. The van der Waals surface area contributed by atoms with Crippen LogP contribution >= 0.6 is 136 Å². The molecule has 2 aromatic carbocycles. The molecule has 0 aliphatic rings. The van der Waals surface area contributed by atoms with Gasteiger partial charge in [-0.3, -0.25) is 28.8 Å². The first-order chi connectivity index (χ1) is 27.9. The molecule has 0 aliphatic carbocycles. The predicted molar refractivity (Wildman–Crippen MR) is 267 cm³/mol. The number of amides is 6. The average molecular weight is 1520 g/mol. The number of likely N-dealkylation sites (N-methyl/N-ethyl adjacent to an activating group) is 4. The minimum atomic E-state index is -1.67. The quantitative estimate of drug-likeness (QED) is 0.0801. The van der Waals surface area contributed by atoms with Gasteiger partial charge in [0.15, 0.2) is 0 Å². The molecule has 4 unspecified atom stereocenters. The third-order valence-corrected chi connectivity index (χ3v) is 14.9. The summed E-state index contributed by atoms with van der Waals surface area (Å²) in [6.45, 7) is -4.64. The van der Waals surface area contributed by atoms with Crippen LogP contribution in [0.25, 0.3) is 0 Å². The van der Waals surface area contributed by atoms with Gasteiger partial charge < -0.3 is 71.1 Å². The van der Waals surface area contributed by atoms with Gasteiger partial charge in [-0.25, -0.2) is 0 Å². The lowest BCUT2D eigenvalue weighted by molar-refractivity contribution is -0.119. The van der Waals surface area contributed by atoms with E-state index >= 15 is 0 Å². The minimum Gasteiger partial charge on any atom is -0.394 e. The Bertz CT molecular complexity index is 1840. The number of benzene rings is 2. The minimum absolute atomic E-state index is 0.0331. The van der Waals surface area contributed by atoms with E-state index in [0.717, 1.165) is 19.6 Å². The molecule has 10 N–H and O–H groups in total. The van der Waals surface area contributed by atoms with Crippen LogP contribution in [-0.2, 0) is 9.59 Å². The molecule has 0 aromatic heterocycles. The van der Waals surface area contributed by atoms with Crippen molar-refractivity contribution in [1.82, 2.24) is 19.6 Å². The number of hydrogen-bond donors (Lipinski definition) is 10. The highest BCUT2D eigenvalue weighted by molar-refractivity contribution is 14.1. The second-order valence-corrected chi connectivity index (χ2v) is 19.6. The first-order valence-corrected chi connectivity index (χ1v) is 23.6. The number of nitrogens with zero attached hydrogens (tertiary/aromatic N) is 4. The van der Waals surface area contributed by atoms with E-state index in [0.29, 0.717) is 0 Å². The molecule has 0 heterocycles. The Kier molecular flexibility index (Phi) is 23.2. The summed E-state index contributed by atoms with van der Waals surface area (Å²) in [4.78, 5) is 84.4. The van der Waals surface area contributed by atoms with Gasteiger partial charge in [-0.2, -0.15) is 0 Å². The van der Waals surface area contributed by atoms with Crippen LogP contribution in [0.5, 0.6) is 0 Å². The van der Waals surface area contributed by atoms with Crippen molar-refractivity contribution in [1.29, 1.82) is 0 Å². The van der Waals surface area contributed by atoms with Crippen LogP contribution in [0, 0.1) is 21.4 Å². The van der Waals surface area contributed by atoms with E-state index in [9.17, 15) is 69.6 Å². The Morgan fingerprint density at radius 1 is 0.450 bits per heavy atom. The molecule has 0 fully saturated rings. The van der Waals surface area contributed by atoms with Gasteiger partial charge in [0, 0.05) is 61.5 Å². The number of carbonyl (C=O) groups excluding carboxylic acids is 6. The van der Waals surface area contributed by atoms with Crippen LogP contribution in [0.1, 0.15) is 41.4 Å². The maximum atomic E-state index is 14.1. The molecule has 60 heavy (non-hydrogen) atoms. The standard InChI is InChI=1S/C34H42I6N6O14/c1-43(5-13(51)9-47)31(57)19-23(35)21(27(39)29(25(19)37)41-17(55)11-49)33(59)45(3)7-15(53)16(54)8-46(4)34(60)22-24(36)20(32(58)44(2)6-14(52)10-48)26(38)30(28(22)40)42-18(56)12-50/h13-16,47-54H,5-12H2,1-4H3,(H,41,55)(H,42,56). The fraction of sp³-hybridized carbons (Fsp3) is 0.471. The van der Waals surface area contributed by atoms with Crippen LogP contribution in [0.2, 0.25) is 0 Å². The van der Waals surface area contributed by atoms with Crippen molar-refractivity contribution >= 4 is 182 Å². The summed E-state index contributed by atoms with van der Waals surface area (Å²) in [6.07, 6.45) is -5.89. The van der Waals surface area contributed by atoms with Crippen LogP contribution < -0.4 is 10.6 Å². The van der Waals surface area contributed by atoms with Gasteiger partial charge >= 0.3 is 0 Å². The molecule has 6 amide bonds. The molecule has 0 saturated heterocycles. The predicted octanol–water partition coefficient (Wildman–Crippen LogP) is -0.408. The molecule has 26 heteroatoms. The van der Waals surface area contributed by atoms with Crippen LogP contribution in [0.15, 0.2) is 0 Å². The third kappa shape index (κ3) is 13.7. The zero-order valence-corrected chi connectivity index (χ0v) is 45.0. The summed E-state index contributed by atoms with van der Waals surface area (Å²) >= 11 is 10.8. The van der Waals surface area contributed by atoms with Crippen molar-refractivity contribution in [3.05, 3.63) is 43.7 Å². The van der Waals surface area contributed by atoms with E-state index in [-0.39, 0.29) is 68.1 Å². The summed E-state index contributed by atoms with van der Waals surface area (Å²) in [6, 6.07) is 0. The molecule has 2 rings (SSSR count). The summed E-state index contributed by atoms with van der Waals surface area (Å²) in [7, 11) is 5.34. The van der Waals surface area contributed by atoms with Gasteiger partial charge in [0.2, 0.25) is 11.8 Å². The third-order valence-electron chi connectivity index (χ3n) is 8.45. The lowest BCUT2D eigenvalue weighted by Gasteiger charge is -2.29. The number of anilines is 2. The smallest absolute Gasteiger partial charge is 0.255 e. The van der Waals surface area contributed by atoms with Crippen molar-refractivity contribution in [2.45, 2.75) is 24.4 Å². The molecule has 334 valence electrons. The molecular weight excluding hydrogens is 1480 g/mol. The molecule has 0 radical (unpaired) electrons. The first-order valence-electron chi connectivity index (χ1n) is 17.1.